The van der Waals surface area contributed by atoms with Gasteiger partial charge in [-0.05, 0) is 13.8 Å². The normalized spacial score (nSPS) is 20.3. The molecule has 1 aliphatic heterocycles. The number of nitrogens with zero attached hydrogens (tertiary/aromatic N) is 1. The first-order valence-corrected chi connectivity index (χ1v) is 11.0. The quantitative estimate of drug-likeness (QED) is 0.268. The molecule has 0 spiro atoms. The van der Waals surface area contributed by atoms with Gasteiger partial charge in [0.25, 0.3) is 5.69 Å². The maximum absolute atomic E-state index is 12.6. The summed E-state index contributed by atoms with van der Waals surface area (Å²) >= 11 is 4.53. The van der Waals surface area contributed by atoms with E-state index in [1.807, 2.05) is 0 Å². The number of nitro groups is 1. The second-order valence-electron chi connectivity index (χ2n) is 7.51. The van der Waals surface area contributed by atoms with E-state index in [-0.39, 0.29) is 28.0 Å². The molecule has 0 bridgehead atoms. The Hall–Kier alpha value is -2.14. The number of benzene rings is 1. The maximum atomic E-state index is 12.6. The van der Waals surface area contributed by atoms with E-state index in [1.54, 1.807) is 20.8 Å². The van der Waals surface area contributed by atoms with Crippen LogP contribution in [0.2, 0.25) is 0 Å². The van der Waals surface area contributed by atoms with E-state index in [2.05, 4.69) is 21.2 Å². The zero-order chi connectivity index (χ0) is 22.8. The molecule has 0 fully saturated rings. The fourth-order valence-corrected chi connectivity index (χ4v) is 3.98. The number of thioether (sulfide) groups is 1. The Bertz CT molecular complexity index is 890. The molecule has 1 N–H and O–H groups in total. The number of fused-ring (bicyclic) bond motifs is 1. The van der Waals surface area contributed by atoms with Crippen LogP contribution >= 0.6 is 27.7 Å². The van der Waals surface area contributed by atoms with E-state index in [0.717, 1.165) is 11.8 Å². The molecule has 9 nitrogen and oxygen atoms in total. The van der Waals surface area contributed by atoms with Crippen molar-refractivity contribution in [2.24, 2.45) is 5.92 Å². The molecule has 3 atom stereocenters. The van der Waals surface area contributed by atoms with Gasteiger partial charge in [-0.25, -0.2) is 0 Å². The number of rotatable bonds is 6. The molecule has 1 aromatic rings. The number of ether oxygens (including phenoxy) is 2. The summed E-state index contributed by atoms with van der Waals surface area (Å²) in [6.07, 6.45) is -0.869. The number of hydrogen-bond donors (Lipinski definition) is 1. The van der Waals surface area contributed by atoms with Crippen molar-refractivity contribution < 1.29 is 28.8 Å². The third kappa shape index (κ3) is 5.51. The molecule has 0 saturated heterocycles. The van der Waals surface area contributed by atoms with Crippen molar-refractivity contribution in [3.63, 3.8) is 0 Å². The molecule has 11 heteroatoms. The molecule has 0 aromatic heterocycles. The molecule has 30 heavy (non-hydrogen) atoms. The van der Waals surface area contributed by atoms with Gasteiger partial charge < -0.3 is 14.8 Å². The first-order valence-electron chi connectivity index (χ1n) is 9.10. The predicted molar refractivity (Wildman–Crippen MR) is 116 cm³/mol. The summed E-state index contributed by atoms with van der Waals surface area (Å²) in [6, 6.07) is 2.61. The van der Waals surface area contributed by atoms with Crippen molar-refractivity contribution in [1.29, 1.82) is 0 Å². The van der Waals surface area contributed by atoms with Crippen LogP contribution in [0.25, 0.3) is 0 Å². The molecule has 1 aromatic carbocycles. The Labute approximate surface area is 186 Å². The highest BCUT2D eigenvalue weighted by Crippen LogP contribution is 2.48. The minimum absolute atomic E-state index is 0.00799. The number of halogens is 1. The molecule has 0 aliphatic carbocycles. The molecule has 164 valence electrons. The Kier molecular flexibility index (Phi) is 7.51. The van der Waals surface area contributed by atoms with E-state index in [4.69, 9.17) is 9.47 Å². The Morgan fingerprint density at radius 3 is 2.53 bits per heavy atom. The maximum Gasteiger partial charge on any atom is 0.310 e. The van der Waals surface area contributed by atoms with E-state index in [1.165, 1.54) is 26.0 Å². The zero-order valence-corrected chi connectivity index (χ0v) is 19.6. The lowest BCUT2D eigenvalue weighted by molar-refractivity contribution is -0.384. The monoisotopic (exact) mass is 502 g/mol. The highest BCUT2D eigenvalue weighted by molar-refractivity contribution is 9.09. The summed E-state index contributed by atoms with van der Waals surface area (Å²) in [7, 11) is 0. The zero-order valence-electron chi connectivity index (χ0n) is 17.2. The summed E-state index contributed by atoms with van der Waals surface area (Å²) < 4.78 is 11.7. The van der Waals surface area contributed by atoms with Crippen LogP contribution in [0.4, 0.5) is 11.4 Å². The second kappa shape index (κ2) is 9.34. The highest BCUT2D eigenvalue weighted by Gasteiger charge is 2.46. The van der Waals surface area contributed by atoms with Crippen molar-refractivity contribution in [2.75, 3.05) is 11.1 Å². The van der Waals surface area contributed by atoms with Crippen molar-refractivity contribution in [3.05, 3.63) is 27.8 Å². The van der Waals surface area contributed by atoms with Crippen molar-refractivity contribution >= 4 is 56.1 Å². The van der Waals surface area contributed by atoms with E-state index >= 15 is 0 Å². The molecule has 0 saturated carbocycles. The second-order valence-corrected chi connectivity index (χ2v) is 9.70. The van der Waals surface area contributed by atoms with E-state index in [0.29, 0.717) is 5.56 Å². The van der Waals surface area contributed by atoms with Crippen LogP contribution in [0.3, 0.4) is 0 Å². The van der Waals surface area contributed by atoms with Crippen LogP contribution in [0.1, 0.15) is 46.3 Å². The number of nitro benzene ring substituents is 1. The Morgan fingerprint density at radius 2 is 2.00 bits per heavy atom. The van der Waals surface area contributed by atoms with Gasteiger partial charge in [-0.3, -0.25) is 24.5 Å². The molecular formula is C19H23BrN2O7S. The molecule has 2 rings (SSSR count). The van der Waals surface area contributed by atoms with E-state index in [9.17, 15) is 24.5 Å². The number of nitrogens with one attached hydrogen (secondary N) is 1. The predicted octanol–water partition coefficient (Wildman–Crippen LogP) is 3.99. The number of alkyl halides is 1. The Morgan fingerprint density at radius 1 is 1.37 bits per heavy atom. The molecule has 0 unspecified atom stereocenters. The van der Waals surface area contributed by atoms with Crippen LogP contribution in [0, 0.1) is 16.0 Å². The third-order valence-corrected chi connectivity index (χ3v) is 7.08. The minimum atomic E-state index is -0.869. The number of hydrogen-bond acceptors (Lipinski definition) is 8. The number of amides is 1. The summed E-state index contributed by atoms with van der Waals surface area (Å²) in [5.41, 5.74) is -0.852. The van der Waals surface area contributed by atoms with Crippen molar-refractivity contribution in [1.82, 2.24) is 0 Å². The van der Waals surface area contributed by atoms with Gasteiger partial charge in [-0.15, -0.1) is 0 Å². The number of carbonyl (C=O) groups excluding carboxylic acids is 3. The molecule has 1 aliphatic rings. The first-order chi connectivity index (χ1) is 13.8. The lowest BCUT2D eigenvalue weighted by Gasteiger charge is -2.41. The van der Waals surface area contributed by atoms with Crippen LogP contribution in [-0.2, 0) is 19.1 Å². The van der Waals surface area contributed by atoms with E-state index < -0.39 is 39.2 Å². The van der Waals surface area contributed by atoms with Gasteiger partial charge in [0.2, 0.25) is 5.91 Å². The average Bonchev–Trinajstić information content (AvgIpc) is 2.61. The fraction of sp³-hybridized carbons (Fsp3) is 0.526. The number of anilines is 1. The van der Waals surface area contributed by atoms with Crippen molar-refractivity contribution in [2.45, 2.75) is 51.2 Å². The topological polar surface area (TPSA) is 125 Å². The summed E-state index contributed by atoms with van der Waals surface area (Å²) in [5, 5.41) is 13.9. The number of carbonyl (C=O) groups is 3. The number of esters is 1. The van der Waals surface area contributed by atoms with Crippen LogP contribution in [-0.4, -0.2) is 38.1 Å². The van der Waals surface area contributed by atoms with Crippen LogP contribution in [0.15, 0.2) is 12.1 Å². The van der Waals surface area contributed by atoms with Gasteiger partial charge in [-0.2, -0.15) is 0 Å². The summed E-state index contributed by atoms with van der Waals surface area (Å²) in [5.74, 6) is -1.01. The van der Waals surface area contributed by atoms with Gasteiger partial charge in [0.1, 0.15) is 23.1 Å². The lowest BCUT2D eigenvalue weighted by atomic mass is 9.90. The smallest absolute Gasteiger partial charge is 0.310 e. The van der Waals surface area contributed by atoms with Crippen LogP contribution < -0.4 is 10.1 Å². The van der Waals surface area contributed by atoms with Gasteiger partial charge in [0, 0.05) is 37.3 Å². The molecule has 0 radical (unpaired) electrons. The van der Waals surface area contributed by atoms with Gasteiger partial charge in [0.15, 0.2) is 5.12 Å². The lowest BCUT2D eigenvalue weighted by Crippen LogP contribution is -2.47. The molecular weight excluding hydrogens is 480 g/mol. The molecule has 1 heterocycles. The van der Waals surface area contributed by atoms with Crippen LogP contribution in [0.5, 0.6) is 5.75 Å². The minimum Gasteiger partial charge on any atom is -0.486 e. The van der Waals surface area contributed by atoms with Gasteiger partial charge in [-0.1, -0.05) is 34.6 Å². The average molecular weight is 503 g/mol. The van der Waals surface area contributed by atoms with Gasteiger partial charge >= 0.3 is 5.97 Å². The van der Waals surface area contributed by atoms with Gasteiger partial charge in [0.05, 0.1) is 15.7 Å². The highest BCUT2D eigenvalue weighted by atomic mass is 79.9. The van der Waals surface area contributed by atoms with Crippen molar-refractivity contribution in [3.8, 4) is 5.75 Å². The first kappa shape index (κ1) is 24.1. The SMILES string of the molecule is CC(=O)Nc1cc2c(cc1[N+](=O)[O-])[C@H](OC(=O)[C@H](C)CSC(C)=O)[C@@H](Br)C(C)(C)O2. The summed E-state index contributed by atoms with van der Waals surface area (Å²) in [4.78, 5) is 45.7. The fourth-order valence-electron chi connectivity index (χ4n) is 2.87. The standard InChI is InChI=1S/C19H23BrN2O7S/c1-9(8-30-11(3)24)18(25)28-16-12-6-14(22(26)27)13(21-10(2)23)7-15(12)29-19(4,5)17(16)20/h6-7,9,16-17H,8H2,1-5H3,(H,21,23)/t9-,16+,17-/m1/s1. The summed E-state index contributed by atoms with van der Waals surface area (Å²) in [6.45, 7) is 7.87. The largest absolute Gasteiger partial charge is 0.486 e. The Balaban J connectivity index is 2.45. The molecule has 1 amide bonds. The third-order valence-electron chi connectivity index (χ3n) is 4.43.